The highest BCUT2D eigenvalue weighted by molar-refractivity contribution is 7.84. The first kappa shape index (κ1) is 14.8. The molecule has 1 aromatic heterocycles. The van der Waals surface area contributed by atoms with Crippen LogP contribution in [-0.4, -0.2) is 8.42 Å². The van der Waals surface area contributed by atoms with Crippen LogP contribution in [0.4, 0.5) is 0 Å². The van der Waals surface area contributed by atoms with Crippen molar-refractivity contribution in [1.82, 2.24) is 0 Å². The Balaban J connectivity index is 2.01. The van der Waals surface area contributed by atoms with E-state index in [-0.39, 0.29) is 0 Å². The molecule has 114 valence electrons. The monoisotopic (exact) mass is 325 g/mol. The molecule has 1 fully saturated rings. The largest absolute Gasteiger partial charge is 0.380 e. The van der Waals surface area contributed by atoms with Gasteiger partial charge in [-0.25, -0.2) is 0 Å². The van der Waals surface area contributed by atoms with E-state index in [0.717, 1.165) is 10.1 Å². The molecular formula is C15H19NO3S2. The zero-order chi connectivity index (χ0) is 15.0. The maximum absolute atomic E-state index is 11.2. The normalized spacial score (nSPS) is 23.3. The Kier molecular flexibility index (Phi) is 3.94. The SMILES string of the molecule is CC1CCCCC1c1cc2c(OS(N)(=O)=O)cccc2s1. The molecule has 0 saturated heterocycles. The topological polar surface area (TPSA) is 69.4 Å². The van der Waals surface area contributed by atoms with Gasteiger partial charge in [0.15, 0.2) is 5.75 Å². The molecule has 1 aliphatic carbocycles. The van der Waals surface area contributed by atoms with Gasteiger partial charge >= 0.3 is 10.3 Å². The molecule has 1 heterocycles. The fourth-order valence-electron chi connectivity index (χ4n) is 3.17. The summed E-state index contributed by atoms with van der Waals surface area (Å²) in [7, 11) is -3.99. The van der Waals surface area contributed by atoms with E-state index >= 15 is 0 Å². The summed E-state index contributed by atoms with van der Waals surface area (Å²) in [5, 5.41) is 5.82. The average molecular weight is 325 g/mol. The van der Waals surface area contributed by atoms with Gasteiger partial charge in [0.2, 0.25) is 0 Å². The van der Waals surface area contributed by atoms with Crippen LogP contribution in [0.3, 0.4) is 0 Å². The quantitative estimate of drug-likeness (QED) is 0.933. The van der Waals surface area contributed by atoms with Crippen molar-refractivity contribution < 1.29 is 12.6 Å². The summed E-state index contributed by atoms with van der Waals surface area (Å²) >= 11 is 1.73. The first-order valence-electron chi connectivity index (χ1n) is 7.19. The van der Waals surface area contributed by atoms with E-state index in [2.05, 4.69) is 13.0 Å². The van der Waals surface area contributed by atoms with Gasteiger partial charge in [-0.15, -0.1) is 11.3 Å². The Morgan fingerprint density at radius 3 is 2.76 bits per heavy atom. The highest BCUT2D eigenvalue weighted by Gasteiger charge is 2.25. The third kappa shape index (κ3) is 3.22. The summed E-state index contributed by atoms with van der Waals surface area (Å²) in [6, 6.07) is 7.51. The molecule has 2 N–H and O–H groups in total. The Hall–Kier alpha value is -1.11. The van der Waals surface area contributed by atoms with Crippen molar-refractivity contribution in [3.05, 3.63) is 29.1 Å². The minimum absolute atomic E-state index is 0.320. The average Bonchev–Trinajstić information content (AvgIpc) is 2.82. The number of hydrogen-bond acceptors (Lipinski definition) is 4. The van der Waals surface area contributed by atoms with Crippen LogP contribution in [0.2, 0.25) is 0 Å². The summed E-state index contributed by atoms with van der Waals surface area (Å²) in [5.74, 6) is 1.56. The van der Waals surface area contributed by atoms with Gasteiger partial charge < -0.3 is 4.18 Å². The summed E-state index contributed by atoms with van der Waals surface area (Å²) < 4.78 is 28.3. The number of hydrogen-bond donors (Lipinski definition) is 1. The lowest BCUT2D eigenvalue weighted by Crippen LogP contribution is -2.19. The van der Waals surface area contributed by atoms with E-state index in [1.807, 2.05) is 6.07 Å². The van der Waals surface area contributed by atoms with Gasteiger partial charge in [0.05, 0.1) is 0 Å². The number of benzene rings is 1. The maximum atomic E-state index is 11.2. The van der Waals surface area contributed by atoms with Crippen molar-refractivity contribution in [2.24, 2.45) is 11.1 Å². The lowest BCUT2D eigenvalue weighted by Gasteiger charge is -2.27. The molecule has 6 heteroatoms. The summed E-state index contributed by atoms with van der Waals surface area (Å²) in [4.78, 5) is 1.32. The number of nitrogens with two attached hydrogens (primary N) is 1. The molecule has 0 radical (unpaired) electrons. The predicted molar refractivity (Wildman–Crippen MR) is 85.9 cm³/mol. The zero-order valence-electron chi connectivity index (χ0n) is 11.9. The van der Waals surface area contributed by atoms with Crippen molar-refractivity contribution in [3.63, 3.8) is 0 Å². The van der Waals surface area contributed by atoms with E-state index in [1.54, 1.807) is 23.5 Å². The Labute approximate surface area is 129 Å². The van der Waals surface area contributed by atoms with Crippen LogP contribution in [0.15, 0.2) is 24.3 Å². The fourth-order valence-corrected chi connectivity index (χ4v) is 4.92. The third-order valence-corrected chi connectivity index (χ3v) is 5.87. The zero-order valence-corrected chi connectivity index (χ0v) is 13.5. The molecule has 0 bridgehead atoms. The van der Waals surface area contributed by atoms with Crippen LogP contribution in [0.5, 0.6) is 5.75 Å². The van der Waals surface area contributed by atoms with Gasteiger partial charge in [0.25, 0.3) is 0 Å². The molecule has 1 aromatic carbocycles. The Morgan fingerprint density at radius 2 is 2.05 bits per heavy atom. The van der Waals surface area contributed by atoms with Gasteiger partial charge in [-0.2, -0.15) is 13.6 Å². The minimum atomic E-state index is -3.99. The highest BCUT2D eigenvalue weighted by Crippen LogP contribution is 2.43. The van der Waals surface area contributed by atoms with Gasteiger partial charge in [-0.1, -0.05) is 32.3 Å². The standard InChI is InChI=1S/C15H19NO3S2/c1-10-5-2-3-6-11(10)15-9-12-13(19-21(16,17)18)7-4-8-14(12)20-15/h4,7-11H,2-3,5-6H2,1H3,(H2,16,17,18). The molecule has 1 aliphatic rings. The van der Waals surface area contributed by atoms with Crippen LogP contribution in [0.1, 0.15) is 43.4 Å². The van der Waals surface area contributed by atoms with Gasteiger partial charge in [-0.3, -0.25) is 0 Å². The molecule has 1 saturated carbocycles. The highest BCUT2D eigenvalue weighted by atomic mass is 32.2. The third-order valence-electron chi connectivity index (χ3n) is 4.22. The van der Waals surface area contributed by atoms with E-state index in [1.165, 1.54) is 30.6 Å². The minimum Gasteiger partial charge on any atom is -0.370 e. The smallest absolute Gasteiger partial charge is 0.370 e. The van der Waals surface area contributed by atoms with Crippen LogP contribution < -0.4 is 9.32 Å². The van der Waals surface area contributed by atoms with Crippen molar-refractivity contribution in [3.8, 4) is 5.75 Å². The van der Waals surface area contributed by atoms with Crippen molar-refractivity contribution in [2.75, 3.05) is 0 Å². The van der Waals surface area contributed by atoms with E-state index in [4.69, 9.17) is 9.32 Å². The van der Waals surface area contributed by atoms with E-state index in [9.17, 15) is 8.42 Å². The fraction of sp³-hybridized carbons (Fsp3) is 0.467. The van der Waals surface area contributed by atoms with Crippen LogP contribution >= 0.6 is 11.3 Å². The molecule has 2 atom stereocenters. The Morgan fingerprint density at radius 1 is 1.29 bits per heavy atom. The second kappa shape index (κ2) is 5.59. The van der Waals surface area contributed by atoms with Gasteiger partial charge in [0.1, 0.15) is 0 Å². The first-order chi connectivity index (χ1) is 9.94. The van der Waals surface area contributed by atoms with Crippen molar-refractivity contribution in [1.29, 1.82) is 0 Å². The maximum Gasteiger partial charge on any atom is 0.380 e. The summed E-state index contributed by atoms with van der Waals surface area (Å²) in [5.41, 5.74) is 0. The summed E-state index contributed by atoms with van der Waals surface area (Å²) in [6.07, 6.45) is 5.05. The number of thiophene rings is 1. The molecular weight excluding hydrogens is 306 g/mol. The molecule has 2 aromatic rings. The van der Waals surface area contributed by atoms with Gasteiger partial charge in [0, 0.05) is 15.0 Å². The summed E-state index contributed by atoms with van der Waals surface area (Å²) in [6.45, 7) is 2.30. The Bertz CT molecular complexity index is 751. The van der Waals surface area contributed by atoms with E-state index < -0.39 is 10.3 Å². The van der Waals surface area contributed by atoms with Crippen molar-refractivity contribution in [2.45, 2.75) is 38.5 Å². The molecule has 3 rings (SSSR count). The van der Waals surface area contributed by atoms with E-state index in [0.29, 0.717) is 17.6 Å². The van der Waals surface area contributed by atoms with Crippen LogP contribution in [0, 0.1) is 5.92 Å². The van der Waals surface area contributed by atoms with Gasteiger partial charge in [-0.05, 0) is 36.5 Å². The lowest BCUT2D eigenvalue weighted by atomic mass is 9.79. The molecule has 4 nitrogen and oxygen atoms in total. The number of fused-ring (bicyclic) bond motifs is 1. The molecule has 0 aliphatic heterocycles. The lowest BCUT2D eigenvalue weighted by molar-refractivity contribution is 0.334. The van der Waals surface area contributed by atoms with Crippen LogP contribution in [0.25, 0.3) is 10.1 Å². The number of rotatable bonds is 3. The molecule has 2 unspecified atom stereocenters. The van der Waals surface area contributed by atoms with Crippen molar-refractivity contribution >= 4 is 31.7 Å². The molecule has 0 spiro atoms. The van der Waals surface area contributed by atoms with Crippen LogP contribution in [-0.2, 0) is 10.3 Å². The molecule has 0 amide bonds. The molecule has 21 heavy (non-hydrogen) atoms. The second-order valence-electron chi connectivity index (χ2n) is 5.76. The second-order valence-corrected chi connectivity index (χ2v) is 8.03. The first-order valence-corrected chi connectivity index (χ1v) is 9.47. The predicted octanol–water partition coefficient (Wildman–Crippen LogP) is 3.78.